The summed E-state index contributed by atoms with van der Waals surface area (Å²) in [5.41, 5.74) is 2.07. The Balaban J connectivity index is 1.73. The summed E-state index contributed by atoms with van der Waals surface area (Å²) in [5, 5.41) is 9.40. The third kappa shape index (κ3) is 2.80. The van der Waals surface area contributed by atoms with Crippen molar-refractivity contribution in [1.82, 2.24) is 15.1 Å². The van der Waals surface area contributed by atoms with Crippen LogP contribution >= 0.6 is 11.3 Å². The van der Waals surface area contributed by atoms with E-state index in [9.17, 15) is 4.79 Å². The SMILES string of the molecule is Cc1c([C@H]2OCC[C@@H]2C(=O)N[C@@H](C)c2cccs2)cnn1C. The molecular formula is C16H21N3O2S. The predicted molar refractivity (Wildman–Crippen MR) is 85.6 cm³/mol. The molecule has 22 heavy (non-hydrogen) atoms. The second-order valence-electron chi connectivity index (χ2n) is 5.74. The zero-order chi connectivity index (χ0) is 15.7. The lowest BCUT2D eigenvalue weighted by molar-refractivity contribution is -0.127. The van der Waals surface area contributed by atoms with Crippen molar-refractivity contribution in [2.24, 2.45) is 13.0 Å². The third-order valence-corrected chi connectivity index (χ3v) is 5.39. The minimum Gasteiger partial charge on any atom is -0.373 e. The lowest BCUT2D eigenvalue weighted by atomic mass is 9.94. The molecule has 0 saturated carbocycles. The molecule has 0 radical (unpaired) electrons. The second-order valence-corrected chi connectivity index (χ2v) is 6.72. The van der Waals surface area contributed by atoms with E-state index in [1.165, 1.54) is 4.88 Å². The van der Waals surface area contributed by atoms with Crippen LogP contribution in [-0.4, -0.2) is 22.3 Å². The maximum atomic E-state index is 12.6. The van der Waals surface area contributed by atoms with Crippen molar-refractivity contribution in [1.29, 1.82) is 0 Å². The first-order valence-corrected chi connectivity index (χ1v) is 8.39. The fourth-order valence-electron chi connectivity index (χ4n) is 2.89. The van der Waals surface area contributed by atoms with Gasteiger partial charge in [0.2, 0.25) is 5.91 Å². The molecule has 3 rings (SSSR count). The van der Waals surface area contributed by atoms with Crippen molar-refractivity contribution < 1.29 is 9.53 Å². The quantitative estimate of drug-likeness (QED) is 0.943. The Bertz CT molecular complexity index is 650. The van der Waals surface area contributed by atoms with Crippen molar-refractivity contribution in [2.75, 3.05) is 6.61 Å². The molecule has 2 aromatic rings. The maximum absolute atomic E-state index is 12.6. The van der Waals surface area contributed by atoms with Crippen molar-refractivity contribution >= 4 is 17.2 Å². The van der Waals surface area contributed by atoms with E-state index in [1.807, 2.05) is 49.3 Å². The van der Waals surface area contributed by atoms with Gasteiger partial charge in [-0.2, -0.15) is 5.10 Å². The molecule has 6 heteroatoms. The molecule has 118 valence electrons. The van der Waals surface area contributed by atoms with Gasteiger partial charge in [-0.1, -0.05) is 6.07 Å². The van der Waals surface area contributed by atoms with Crippen LogP contribution in [-0.2, 0) is 16.6 Å². The Morgan fingerprint density at radius 1 is 1.59 bits per heavy atom. The predicted octanol–water partition coefficient (Wildman–Crippen LogP) is 2.75. The zero-order valence-electron chi connectivity index (χ0n) is 13.1. The second kappa shape index (κ2) is 6.22. The van der Waals surface area contributed by atoms with Crippen molar-refractivity contribution in [3.63, 3.8) is 0 Å². The van der Waals surface area contributed by atoms with E-state index >= 15 is 0 Å². The number of nitrogens with one attached hydrogen (secondary N) is 1. The number of ether oxygens (including phenoxy) is 1. The highest BCUT2D eigenvalue weighted by molar-refractivity contribution is 7.10. The van der Waals surface area contributed by atoms with E-state index in [1.54, 1.807) is 11.3 Å². The third-order valence-electron chi connectivity index (χ3n) is 4.34. The van der Waals surface area contributed by atoms with Crippen LogP contribution in [0.4, 0.5) is 0 Å². The van der Waals surface area contributed by atoms with Crippen molar-refractivity contribution in [3.8, 4) is 0 Å². The lowest BCUT2D eigenvalue weighted by Gasteiger charge is -2.20. The van der Waals surface area contributed by atoms with E-state index in [2.05, 4.69) is 10.4 Å². The van der Waals surface area contributed by atoms with E-state index < -0.39 is 0 Å². The number of rotatable bonds is 4. The normalized spacial score (nSPS) is 22.7. The van der Waals surface area contributed by atoms with Gasteiger partial charge in [-0.05, 0) is 31.7 Å². The first-order valence-electron chi connectivity index (χ1n) is 7.51. The van der Waals surface area contributed by atoms with Crippen molar-refractivity contribution in [2.45, 2.75) is 32.4 Å². The molecule has 3 heterocycles. The molecule has 5 nitrogen and oxygen atoms in total. The Labute approximate surface area is 134 Å². The molecule has 1 N–H and O–H groups in total. The molecule has 0 unspecified atom stereocenters. The van der Waals surface area contributed by atoms with Gasteiger partial charge in [-0.15, -0.1) is 11.3 Å². The first-order chi connectivity index (χ1) is 10.6. The largest absolute Gasteiger partial charge is 0.373 e. The summed E-state index contributed by atoms with van der Waals surface area (Å²) in [7, 11) is 1.90. The monoisotopic (exact) mass is 319 g/mol. The molecule has 0 aromatic carbocycles. The maximum Gasteiger partial charge on any atom is 0.226 e. The van der Waals surface area contributed by atoms with Gasteiger partial charge >= 0.3 is 0 Å². The number of aromatic nitrogens is 2. The molecule has 1 saturated heterocycles. The van der Waals surface area contributed by atoms with Gasteiger partial charge in [0.25, 0.3) is 0 Å². The van der Waals surface area contributed by atoms with Crippen LogP contribution < -0.4 is 5.32 Å². The number of hydrogen-bond donors (Lipinski definition) is 1. The number of nitrogens with zero attached hydrogens (tertiary/aromatic N) is 2. The number of carbonyl (C=O) groups excluding carboxylic acids is 1. The van der Waals surface area contributed by atoms with E-state index in [0.717, 1.165) is 17.7 Å². The number of carbonyl (C=O) groups is 1. The van der Waals surface area contributed by atoms with Crippen LogP contribution in [0.25, 0.3) is 0 Å². The van der Waals surface area contributed by atoms with Crippen LogP contribution in [0.5, 0.6) is 0 Å². The number of aryl methyl sites for hydroxylation is 1. The van der Waals surface area contributed by atoms with Crippen LogP contribution in [0, 0.1) is 12.8 Å². The van der Waals surface area contributed by atoms with Crippen LogP contribution in [0.3, 0.4) is 0 Å². The van der Waals surface area contributed by atoms with Gasteiger partial charge in [-0.3, -0.25) is 9.48 Å². The van der Waals surface area contributed by atoms with Gasteiger partial charge < -0.3 is 10.1 Å². The van der Waals surface area contributed by atoms with Crippen molar-refractivity contribution in [3.05, 3.63) is 39.8 Å². The lowest BCUT2D eigenvalue weighted by Crippen LogP contribution is -2.34. The summed E-state index contributed by atoms with van der Waals surface area (Å²) < 4.78 is 7.65. The summed E-state index contributed by atoms with van der Waals surface area (Å²) in [5.74, 6) is -0.0861. The van der Waals surface area contributed by atoms with Gasteiger partial charge in [-0.25, -0.2) is 0 Å². The Morgan fingerprint density at radius 2 is 2.41 bits per heavy atom. The summed E-state index contributed by atoms with van der Waals surface area (Å²) in [6.45, 7) is 4.64. The molecule has 3 atom stereocenters. The number of thiophene rings is 1. The summed E-state index contributed by atoms with van der Waals surface area (Å²) in [6.07, 6.45) is 2.38. The highest BCUT2D eigenvalue weighted by atomic mass is 32.1. The van der Waals surface area contributed by atoms with E-state index in [4.69, 9.17) is 4.74 Å². The average Bonchev–Trinajstić information content (AvgIpc) is 3.21. The fourth-order valence-corrected chi connectivity index (χ4v) is 3.62. The van der Waals surface area contributed by atoms with E-state index in [0.29, 0.717) is 6.61 Å². The molecule has 2 aromatic heterocycles. The molecule has 1 aliphatic rings. The Morgan fingerprint density at radius 3 is 3.05 bits per heavy atom. The Kier molecular flexibility index (Phi) is 4.31. The topological polar surface area (TPSA) is 56.1 Å². The first kappa shape index (κ1) is 15.2. The molecule has 0 bridgehead atoms. The summed E-state index contributed by atoms with van der Waals surface area (Å²) in [6, 6.07) is 4.08. The highest BCUT2D eigenvalue weighted by Crippen LogP contribution is 2.36. The average molecular weight is 319 g/mol. The molecule has 1 amide bonds. The number of amides is 1. The number of hydrogen-bond acceptors (Lipinski definition) is 4. The van der Waals surface area contributed by atoms with Gasteiger partial charge in [0.1, 0.15) is 0 Å². The molecule has 1 fully saturated rings. The van der Waals surface area contributed by atoms with Gasteiger partial charge in [0.05, 0.1) is 24.3 Å². The molecule has 1 aliphatic heterocycles. The molecule has 0 aliphatic carbocycles. The zero-order valence-corrected chi connectivity index (χ0v) is 13.9. The summed E-state index contributed by atoms with van der Waals surface area (Å²) >= 11 is 1.66. The van der Waals surface area contributed by atoms with Gasteiger partial charge in [0, 0.05) is 29.8 Å². The Hall–Kier alpha value is -1.66. The fraction of sp³-hybridized carbons (Fsp3) is 0.500. The molecular weight excluding hydrogens is 298 g/mol. The highest BCUT2D eigenvalue weighted by Gasteiger charge is 2.37. The van der Waals surface area contributed by atoms with Crippen LogP contribution in [0.1, 0.15) is 41.6 Å². The molecule has 0 spiro atoms. The minimum absolute atomic E-state index is 0.0312. The van der Waals surface area contributed by atoms with Gasteiger partial charge in [0.15, 0.2) is 0 Å². The van der Waals surface area contributed by atoms with Crippen LogP contribution in [0.15, 0.2) is 23.7 Å². The minimum atomic E-state index is -0.191. The van der Waals surface area contributed by atoms with E-state index in [-0.39, 0.29) is 24.0 Å². The summed E-state index contributed by atoms with van der Waals surface area (Å²) in [4.78, 5) is 13.8. The van der Waals surface area contributed by atoms with Crippen LogP contribution in [0.2, 0.25) is 0 Å². The standard InChI is InChI=1S/C16H21N3O2S/c1-10(14-5-4-8-22-14)18-16(20)12-6-7-21-15(12)13-9-17-19(3)11(13)2/h4-5,8-10,12,15H,6-7H2,1-3H3,(H,18,20)/t10-,12-,15-/m0/s1. The smallest absolute Gasteiger partial charge is 0.226 e.